The first kappa shape index (κ1) is 5.62. The molecule has 0 spiro atoms. The molecule has 0 aromatic carbocycles. The van der Waals surface area contributed by atoms with Crippen LogP contribution in [0.4, 0.5) is 0 Å². The van der Waals surface area contributed by atoms with Crippen LogP contribution in [0.15, 0.2) is 0 Å². The quantitative estimate of drug-likeness (QED) is 0.480. The predicted molar refractivity (Wildman–Crippen MR) is 41.7 cm³/mol. The maximum atomic E-state index is 1.62. The van der Waals surface area contributed by atoms with Gasteiger partial charge in [0.25, 0.3) is 0 Å². The van der Waals surface area contributed by atoms with Crippen LogP contribution in [0.1, 0.15) is 38.5 Å². The smallest absolute Gasteiger partial charge is 0.0355 e. The van der Waals surface area contributed by atoms with Crippen LogP contribution in [0.2, 0.25) is 0 Å². The molecule has 0 heteroatoms. The van der Waals surface area contributed by atoms with Crippen LogP contribution in [0.3, 0.4) is 0 Å². The van der Waals surface area contributed by atoms with Gasteiger partial charge in [0.15, 0.2) is 0 Å². The minimum atomic E-state index is 1.19. The van der Waals surface area contributed by atoms with Gasteiger partial charge in [0, 0.05) is 0 Å². The second-order valence-corrected chi connectivity index (χ2v) is 4.59. The van der Waals surface area contributed by atoms with Crippen molar-refractivity contribution in [1.29, 1.82) is 0 Å². The molecule has 3 fully saturated rings. The molecule has 0 aliphatic heterocycles. The molecule has 0 heterocycles. The largest absolute Gasteiger partial charge is 0.0527 e. The fourth-order valence-electron chi connectivity index (χ4n) is 4.02. The van der Waals surface area contributed by atoms with Gasteiger partial charge < -0.3 is 0 Å². The highest BCUT2D eigenvalue weighted by Gasteiger charge is 2.48. The van der Waals surface area contributed by atoms with E-state index in [4.69, 9.17) is 0 Å². The Morgan fingerprint density at radius 1 is 0.700 bits per heavy atom. The highest BCUT2D eigenvalue weighted by atomic mass is 14.5. The van der Waals surface area contributed by atoms with E-state index in [-0.39, 0.29) is 0 Å². The molecule has 0 amide bonds. The van der Waals surface area contributed by atoms with Crippen LogP contribution >= 0.6 is 0 Å². The lowest BCUT2D eigenvalue weighted by atomic mass is 9.82. The van der Waals surface area contributed by atoms with Crippen molar-refractivity contribution in [3.8, 4) is 0 Å². The summed E-state index contributed by atoms with van der Waals surface area (Å²) in [6.07, 6.45) is 9.53. The molecule has 2 bridgehead atoms. The predicted octanol–water partition coefficient (Wildman–Crippen LogP) is 2.83. The van der Waals surface area contributed by atoms with Gasteiger partial charge in [-0.2, -0.15) is 0 Å². The van der Waals surface area contributed by atoms with Crippen molar-refractivity contribution in [2.75, 3.05) is 0 Å². The first-order valence-electron chi connectivity index (χ1n) is 4.95. The maximum absolute atomic E-state index is 1.62. The van der Waals surface area contributed by atoms with Crippen LogP contribution in [0, 0.1) is 23.7 Å². The molecule has 0 radical (unpaired) electrons. The molecule has 4 atom stereocenters. The molecule has 3 aliphatic rings. The van der Waals surface area contributed by atoms with E-state index in [0.717, 1.165) is 0 Å². The SMILES string of the molecule is C1CC2[C@H]3CC[C@@H](C3)[C@H]2C1. The summed E-state index contributed by atoms with van der Waals surface area (Å²) in [6.45, 7) is 0. The summed E-state index contributed by atoms with van der Waals surface area (Å²) in [6, 6.07) is 0. The lowest BCUT2D eigenvalue weighted by molar-refractivity contribution is 0.259. The molecule has 10 heavy (non-hydrogen) atoms. The van der Waals surface area contributed by atoms with Crippen LogP contribution in [-0.4, -0.2) is 0 Å². The van der Waals surface area contributed by atoms with E-state index in [0.29, 0.717) is 0 Å². The van der Waals surface area contributed by atoms with Gasteiger partial charge in [0.2, 0.25) is 0 Å². The Labute approximate surface area is 63.0 Å². The summed E-state index contributed by atoms with van der Waals surface area (Å²) in [5.74, 6) is 4.80. The molecule has 0 nitrogen and oxygen atoms in total. The van der Waals surface area contributed by atoms with E-state index in [9.17, 15) is 0 Å². The third kappa shape index (κ3) is 0.538. The van der Waals surface area contributed by atoms with E-state index < -0.39 is 0 Å². The Morgan fingerprint density at radius 3 is 1.90 bits per heavy atom. The second kappa shape index (κ2) is 1.78. The topological polar surface area (TPSA) is 0 Å². The van der Waals surface area contributed by atoms with Crippen LogP contribution in [0.25, 0.3) is 0 Å². The first-order valence-corrected chi connectivity index (χ1v) is 4.95. The van der Waals surface area contributed by atoms with Gasteiger partial charge in [-0.15, -0.1) is 0 Å². The molecule has 3 saturated carbocycles. The second-order valence-electron chi connectivity index (χ2n) is 4.59. The maximum Gasteiger partial charge on any atom is -0.0355 e. The zero-order valence-electron chi connectivity index (χ0n) is 6.55. The Kier molecular flexibility index (Phi) is 1.00. The average molecular weight is 136 g/mol. The normalized spacial score (nSPS) is 57.6. The monoisotopic (exact) mass is 136 g/mol. The molecule has 0 saturated heterocycles. The Morgan fingerprint density at radius 2 is 1.30 bits per heavy atom. The molecule has 1 unspecified atom stereocenters. The summed E-state index contributed by atoms with van der Waals surface area (Å²) in [7, 11) is 0. The highest BCUT2D eigenvalue weighted by Crippen LogP contribution is 2.58. The van der Waals surface area contributed by atoms with Gasteiger partial charge >= 0.3 is 0 Å². The Balaban J connectivity index is 1.92. The number of rotatable bonds is 0. The summed E-state index contributed by atoms with van der Waals surface area (Å²) >= 11 is 0. The molecule has 3 rings (SSSR count). The fourth-order valence-corrected chi connectivity index (χ4v) is 4.02. The van der Waals surface area contributed by atoms with Crippen LogP contribution < -0.4 is 0 Å². The van der Waals surface area contributed by atoms with Crippen molar-refractivity contribution in [3.05, 3.63) is 0 Å². The van der Waals surface area contributed by atoms with Gasteiger partial charge in [-0.05, 0) is 55.8 Å². The third-order valence-corrected chi connectivity index (χ3v) is 4.35. The molecule has 0 aromatic rings. The zero-order chi connectivity index (χ0) is 6.55. The van der Waals surface area contributed by atoms with E-state index in [1.807, 2.05) is 0 Å². The number of fused-ring (bicyclic) bond motifs is 5. The Hall–Kier alpha value is 0. The molecular weight excluding hydrogens is 120 g/mol. The van der Waals surface area contributed by atoms with Crippen molar-refractivity contribution in [3.63, 3.8) is 0 Å². The summed E-state index contributed by atoms with van der Waals surface area (Å²) in [5, 5.41) is 0. The summed E-state index contributed by atoms with van der Waals surface area (Å²) in [4.78, 5) is 0. The van der Waals surface area contributed by atoms with Crippen LogP contribution in [0.5, 0.6) is 0 Å². The molecular formula is C10H16. The van der Waals surface area contributed by atoms with E-state index >= 15 is 0 Å². The summed E-state index contributed by atoms with van der Waals surface area (Å²) < 4.78 is 0. The standard InChI is InChI=1S/C10H16/c1-2-9-7-4-5-8(6-7)10(9)3-1/h7-10H,1-6H2/t7-,8-,9+,10?/m0/s1. The molecule has 56 valence electrons. The van der Waals surface area contributed by atoms with Crippen molar-refractivity contribution >= 4 is 0 Å². The van der Waals surface area contributed by atoms with Gasteiger partial charge in [-0.25, -0.2) is 0 Å². The van der Waals surface area contributed by atoms with Gasteiger partial charge in [0.1, 0.15) is 0 Å². The minimum absolute atomic E-state index is 1.19. The number of hydrogen-bond donors (Lipinski definition) is 0. The van der Waals surface area contributed by atoms with Crippen molar-refractivity contribution in [2.45, 2.75) is 38.5 Å². The van der Waals surface area contributed by atoms with Crippen molar-refractivity contribution < 1.29 is 0 Å². The fraction of sp³-hybridized carbons (Fsp3) is 1.00. The van der Waals surface area contributed by atoms with Gasteiger partial charge in [-0.3, -0.25) is 0 Å². The van der Waals surface area contributed by atoms with E-state index in [2.05, 4.69) is 0 Å². The average Bonchev–Trinajstić information content (AvgIpc) is 2.60. The van der Waals surface area contributed by atoms with Crippen LogP contribution in [-0.2, 0) is 0 Å². The van der Waals surface area contributed by atoms with Gasteiger partial charge in [0.05, 0.1) is 0 Å². The van der Waals surface area contributed by atoms with E-state index in [1.165, 1.54) is 23.7 Å². The number of hydrogen-bond acceptors (Lipinski definition) is 0. The third-order valence-electron chi connectivity index (χ3n) is 4.35. The van der Waals surface area contributed by atoms with Crippen molar-refractivity contribution in [2.24, 2.45) is 23.7 Å². The minimum Gasteiger partial charge on any atom is -0.0527 e. The molecule has 0 N–H and O–H groups in total. The lowest BCUT2D eigenvalue weighted by Crippen LogP contribution is -2.15. The Bertz CT molecular complexity index is 134. The highest BCUT2D eigenvalue weighted by molar-refractivity contribution is 4.98. The molecule has 3 aliphatic carbocycles. The van der Waals surface area contributed by atoms with Gasteiger partial charge in [-0.1, -0.05) is 6.42 Å². The van der Waals surface area contributed by atoms with Crippen molar-refractivity contribution in [1.82, 2.24) is 0 Å². The molecule has 0 aromatic heterocycles. The first-order chi connectivity index (χ1) is 4.95. The lowest BCUT2D eigenvalue weighted by Gasteiger charge is -2.23. The zero-order valence-corrected chi connectivity index (χ0v) is 6.55. The van der Waals surface area contributed by atoms with E-state index in [1.54, 1.807) is 38.5 Å². The summed E-state index contributed by atoms with van der Waals surface area (Å²) in [5.41, 5.74) is 0.